The zero-order chi connectivity index (χ0) is 10.4. The molecule has 2 unspecified atom stereocenters. The smallest absolute Gasteiger partial charge is 0.0110 e. The highest BCUT2D eigenvalue weighted by molar-refractivity contribution is 4.75. The fourth-order valence-electron chi connectivity index (χ4n) is 2.31. The number of hydrogen-bond donors (Lipinski definition) is 1. The molecule has 0 aromatic heterocycles. The first-order chi connectivity index (χ1) is 6.74. The van der Waals surface area contributed by atoms with Gasteiger partial charge < -0.3 is 5.32 Å². The summed E-state index contributed by atoms with van der Waals surface area (Å²) in [4.78, 5) is 2.60. The van der Waals surface area contributed by atoms with E-state index >= 15 is 0 Å². The molecule has 0 bridgehead atoms. The van der Waals surface area contributed by atoms with Gasteiger partial charge in [-0.1, -0.05) is 13.3 Å². The Kier molecular flexibility index (Phi) is 5.49. The Morgan fingerprint density at radius 2 is 2.29 bits per heavy atom. The molecular weight excluding hydrogens is 172 g/mol. The van der Waals surface area contributed by atoms with Gasteiger partial charge in [-0.3, -0.25) is 4.90 Å². The molecule has 0 saturated carbocycles. The predicted molar refractivity (Wildman–Crippen MR) is 62.6 cm³/mol. The van der Waals surface area contributed by atoms with Crippen LogP contribution < -0.4 is 5.32 Å². The maximum atomic E-state index is 3.59. The number of likely N-dealkylation sites (tertiary alicyclic amines) is 1. The largest absolute Gasteiger partial charge is 0.313 e. The Bertz CT molecular complexity index is 147. The molecule has 1 fully saturated rings. The average molecular weight is 198 g/mol. The molecule has 2 atom stereocenters. The minimum atomic E-state index is 0.693. The van der Waals surface area contributed by atoms with E-state index in [1.807, 2.05) is 0 Å². The van der Waals surface area contributed by atoms with Crippen LogP contribution >= 0.6 is 0 Å². The first-order valence-corrected chi connectivity index (χ1v) is 6.21. The summed E-state index contributed by atoms with van der Waals surface area (Å²) in [6.45, 7) is 10.6. The molecule has 2 nitrogen and oxygen atoms in total. The summed E-state index contributed by atoms with van der Waals surface area (Å²) in [5.74, 6) is 0. The molecule has 1 heterocycles. The fraction of sp³-hybridized carbons (Fsp3) is 1.00. The van der Waals surface area contributed by atoms with Gasteiger partial charge in [0.25, 0.3) is 0 Å². The fourth-order valence-corrected chi connectivity index (χ4v) is 2.31. The molecule has 1 aliphatic rings. The minimum absolute atomic E-state index is 0.693. The maximum absolute atomic E-state index is 3.59. The van der Waals surface area contributed by atoms with Crippen molar-refractivity contribution >= 4 is 0 Å². The summed E-state index contributed by atoms with van der Waals surface area (Å²) in [5.41, 5.74) is 0. The van der Waals surface area contributed by atoms with E-state index in [0.717, 1.165) is 12.6 Å². The Morgan fingerprint density at radius 1 is 1.50 bits per heavy atom. The Hall–Kier alpha value is -0.0800. The van der Waals surface area contributed by atoms with Gasteiger partial charge in [-0.25, -0.2) is 0 Å². The lowest BCUT2D eigenvalue weighted by molar-refractivity contribution is 0.264. The van der Waals surface area contributed by atoms with Gasteiger partial charge in [0.05, 0.1) is 0 Å². The van der Waals surface area contributed by atoms with Crippen LogP contribution in [0.2, 0.25) is 0 Å². The standard InChI is InChI=1S/C12H26N2/c1-4-6-11(2)13-8-10-14-9-5-7-12(14)3/h11-13H,4-10H2,1-3H3. The SMILES string of the molecule is CCCC(C)NCCN1CCCC1C. The van der Waals surface area contributed by atoms with E-state index in [1.165, 1.54) is 38.8 Å². The third-order valence-corrected chi connectivity index (χ3v) is 3.30. The molecule has 1 rings (SSSR count). The molecule has 0 aromatic carbocycles. The van der Waals surface area contributed by atoms with Crippen molar-refractivity contribution in [1.82, 2.24) is 10.2 Å². The maximum Gasteiger partial charge on any atom is 0.0110 e. The topological polar surface area (TPSA) is 15.3 Å². The van der Waals surface area contributed by atoms with Gasteiger partial charge in [0, 0.05) is 25.2 Å². The van der Waals surface area contributed by atoms with Crippen molar-refractivity contribution in [2.75, 3.05) is 19.6 Å². The summed E-state index contributed by atoms with van der Waals surface area (Å²) >= 11 is 0. The van der Waals surface area contributed by atoms with Gasteiger partial charge in [-0.15, -0.1) is 0 Å². The number of rotatable bonds is 6. The van der Waals surface area contributed by atoms with E-state index in [-0.39, 0.29) is 0 Å². The summed E-state index contributed by atoms with van der Waals surface area (Å²) in [5, 5.41) is 3.59. The highest BCUT2D eigenvalue weighted by atomic mass is 15.2. The van der Waals surface area contributed by atoms with Crippen molar-refractivity contribution < 1.29 is 0 Å². The zero-order valence-corrected chi connectivity index (χ0v) is 10.1. The second-order valence-electron chi connectivity index (χ2n) is 4.67. The lowest BCUT2D eigenvalue weighted by Gasteiger charge is -2.22. The van der Waals surface area contributed by atoms with Gasteiger partial charge in [-0.05, 0) is 39.7 Å². The molecule has 0 radical (unpaired) electrons. The summed E-state index contributed by atoms with van der Waals surface area (Å²) in [6, 6.07) is 1.51. The molecule has 14 heavy (non-hydrogen) atoms. The number of hydrogen-bond acceptors (Lipinski definition) is 2. The van der Waals surface area contributed by atoms with Crippen LogP contribution in [-0.4, -0.2) is 36.6 Å². The Balaban J connectivity index is 2.03. The van der Waals surface area contributed by atoms with Gasteiger partial charge in [0.1, 0.15) is 0 Å². The first kappa shape index (κ1) is 12.0. The van der Waals surface area contributed by atoms with Gasteiger partial charge >= 0.3 is 0 Å². The summed E-state index contributed by atoms with van der Waals surface area (Å²) in [6.07, 6.45) is 5.38. The Morgan fingerprint density at radius 3 is 2.86 bits per heavy atom. The van der Waals surface area contributed by atoms with E-state index in [1.54, 1.807) is 0 Å². The van der Waals surface area contributed by atoms with Crippen LogP contribution in [0.1, 0.15) is 46.5 Å². The van der Waals surface area contributed by atoms with Gasteiger partial charge in [0.2, 0.25) is 0 Å². The van der Waals surface area contributed by atoms with E-state index in [9.17, 15) is 0 Å². The van der Waals surface area contributed by atoms with E-state index in [0.29, 0.717) is 6.04 Å². The highest BCUT2D eigenvalue weighted by Gasteiger charge is 2.19. The number of nitrogens with zero attached hydrogens (tertiary/aromatic N) is 1. The van der Waals surface area contributed by atoms with Crippen LogP contribution in [0.5, 0.6) is 0 Å². The minimum Gasteiger partial charge on any atom is -0.313 e. The average Bonchev–Trinajstić information content (AvgIpc) is 2.52. The van der Waals surface area contributed by atoms with Gasteiger partial charge in [-0.2, -0.15) is 0 Å². The van der Waals surface area contributed by atoms with Crippen LogP contribution in [0, 0.1) is 0 Å². The first-order valence-electron chi connectivity index (χ1n) is 6.21. The van der Waals surface area contributed by atoms with Crippen LogP contribution in [0.3, 0.4) is 0 Å². The van der Waals surface area contributed by atoms with E-state index < -0.39 is 0 Å². The van der Waals surface area contributed by atoms with Gasteiger partial charge in [0.15, 0.2) is 0 Å². The third-order valence-electron chi connectivity index (χ3n) is 3.30. The Labute approximate surface area is 89.1 Å². The lowest BCUT2D eigenvalue weighted by Crippen LogP contribution is -2.37. The molecule has 1 saturated heterocycles. The molecule has 0 aliphatic carbocycles. The van der Waals surface area contributed by atoms with E-state index in [2.05, 4.69) is 31.0 Å². The highest BCUT2D eigenvalue weighted by Crippen LogP contribution is 2.14. The number of nitrogens with one attached hydrogen (secondary N) is 1. The second-order valence-corrected chi connectivity index (χ2v) is 4.67. The second kappa shape index (κ2) is 6.41. The zero-order valence-electron chi connectivity index (χ0n) is 10.1. The lowest BCUT2D eigenvalue weighted by atomic mass is 10.2. The summed E-state index contributed by atoms with van der Waals surface area (Å²) < 4.78 is 0. The van der Waals surface area contributed by atoms with Crippen molar-refractivity contribution in [3.63, 3.8) is 0 Å². The van der Waals surface area contributed by atoms with Crippen LogP contribution in [0.25, 0.3) is 0 Å². The molecule has 2 heteroatoms. The molecule has 0 aromatic rings. The monoisotopic (exact) mass is 198 g/mol. The molecule has 0 spiro atoms. The molecule has 1 N–H and O–H groups in total. The molecule has 0 amide bonds. The quantitative estimate of drug-likeness (QED) is 0.704. The predicted octanol–water partition coefficient (Wildman–Crippen LogP) is 2.25. The van der Waals surface area contributed by atoms with Crippen LogP contribution in [0.4, 0.5) is 0 Å². The molecular formula is C12H26N2. The van der Waals surface area contributed by atoms with Crippen molar-refractivity contribution in [3.8, 4) is 0 Å². The third kappa shape index (κ3) is 3.97. The van der Waals surface area contributed by atoms with Crippen molar-refractivity contribution in [2.45, 2.75) is 58.5 Å². The normalized spacial score (nSPS) is 25.5. The molecule has 1 aliphatic heterocycles. The summed E-state index contributed by atoms with van der Waals surface area (Å²) in [7, 11) is 0. The molecule has 84 valence electrons. The van der Waals surface area contributed by atoms with Crippen molar-refractivity contribution in [2.24, 2.45) is 0 Å². The van der Waals surface area contributed by atoms with Crippen molar-refractivity contribution in [3.05, 3.63) is 0 Å². The van der Waals surface area contributed by atoms with E-state index in [4.69, 9.17) is 0 Å². The van der Waals surface area contributed by atoms with Crippen molar-refractivity contribution in [1.29, 1.82) is 0 Å². The van der Waals surface area contributed by atoms with Crippen LogP contribution in [-0.2, 0) is 0 Å². The van der Waals surface area contributed by atoms with Crippen LogP contribution in [0.15, 0.2) is 0 Å².